The molecule has 10 heteroatoms. The molecule has 0 bridgehead atoms. The summed E-state index contributed by atoms with van der Waals surface area (Å²) in [6.07, 6.45) is 10.1. The molecule has 1 N–H and O–H groups in total. The minimum atomic E-state index is -0.524. The minimum absolute atomic E-state index is 0.0181. The Kier molecular flexibility index (Phi) is 5.73. The van der Waals surface area contributed by atoms with E-state index in [-0.39, 0.29) is 34.8 Å². The molecular weight excluding hydrogens is 524 g/mol. The van der Waals surface area contributed by atoms with Crippen LogP contribution in [0.4, 0.5) is 14.6 Å². The van der Waals surface area contributed by atoms with Crippen molar-refractivity contribution in [1.29, 1.82) is 0 Å². The Morgan fingerprint density at radius 2 is 1.83 bits per heavy atom. The summed E-state index contributed by atoms with van der Waals surface area (Å²) >= 11 is 0. The van der Waals surface area contributed by atoms with Gasteiger partial charge in [0.2, 0.25) is 0 Å². The first-order valence-corrected chi connectivity index (χ1v) is 14.4. The molecule has 0 saturated carbocycles. The largest absolute Gasteiger partial charge is 0.461 e. The standard InChI is InChI=1S/C31H31F2N7O/c32-24-8-2-6-20-5-1-7-22(25(20)24)27-26(33)28-23(15-35-27)29(39-16-21(17-39)38-14-11-34-19-38)37-30(36-28)41-18-31-9-3-12-40(31)13-4-10-31/h1-2,5-8,11,14,19,21,35H,3-4,9-10,12-13,15-18H2. The van der Waals surface area contributed by atoms with Crippen molar-refractivity contribution >= 4 is 28.1 Å². The van der Waals surface area contributed by atoms with Gasteiger partial charge in [0.25, 0.3) is 0 Å². The number of fused-ring (bicyclic) bond motifs is 3. The van der Waals surface area contributed by atoms with Crippen LogP contribution in [-0.4, -0.2) is 62.7 Å². The van der Waals surface area contributed by atoms with E-state index in [0.29, 0.717) is 40.9 Å². The van der Waals surface area contributed by atoms with E-state index in [1.807, 2.05) is 30.7 Å². The molecule has 6 heterocycles. The number of imidazole rings is 1. The maximum atomic E-state index is 16.5. The first kappa shape index (κ1) is 24.7. The zero-order valence-electron chi connectivity index (χ0n) is 22.7. The molecule has 3 fully saturated rings. The van der Waals surface area contributed by atoms with Gasteiger partial charge in [0.05, 0.1) is 23.6 Å². The zero-order valence-corrected chi connectivity index (χ0v) is 22.7. The van der Waals surface area contributed by atoms with Gasteiger partial charge in [-0.2, -0.15) is 9.97 Å². The number of rotatable bonds is 6. The van der Waals surface area contributed by atoms with Crippen molar-refractivity contribution < 1.29 is 13.5 Å². The fourth-order valence-electron chi connectivity index (χ4n) is 7.17. The summed E-state index contributed by atoms with van der Waals surface area (Å²) in [5.41, 5.74) is 1.63. The maximum Gasteiger partial charge on any atom is 0.319 e. The fraction of sp³-hybridized carbons (Fsp3) is 0.387. The van der Waals surface area contributed by atoms with Crippen LogP contribution in [0.1, 0.15) is 48.5 Å². The second-order valence-corrected chi connectivity index (χ2v) is 11.6. The van der Waals surface area contributed by atoms with Crippen molar-refractivity contribution in [2.24, 2.45) is 0 Å². The number of nitrogens with zero attached hydrogens (tertiary/aromatic N) is 6. The number of hydrogen-bond donors (Lipinski definition) is 1. The number of ether oxygens (including phenoxy) is 1. The quantitative estimate of drug-likeness (QED) is 0.362. The summed E-state index contributed by atoms with van der Waals surface area (Å²) in [6, 6.07) is 10.8. The molecule has 41 heavy (non-hydrogen) atoms. The van der Waals surface area contributed by atoms with Crippen LogP contribution in [-0.2, 0) is 6.54 Å². The molecule has 3 saturated heterocycles. The van der Waals surface area contributed by atoms with Crippen molar-refractivity contribution in [2.45, 2.75) is 43.8 Å². The average molecular weight is 556 g/mol. The third kappa shape index (κ3) is 3.99. The predicted molar refractivity (Wildman–Crippen MR) is 152 cm³/mol. The van der Waals surface area contributed by atoms with E-state index in [1.54, 1.807) is 18.3 Å². The van der Waals surface area contributed by atoms with Crippen LogP contribution in [0.15, 0.2) is 55.1 Å². The van der Waals surface area contributed by atoms with Crippen LogP contribution in [0.3, 0.4) is 0 Å². The molecule has 0 amide bonds. The van der Waals surface area contributed by atoms with E-state index in [2.05, 4.69) is 29.7 Å². The molecule has 0 aliphatic carbocycles. The molecule has 0 spiro atoms. The van der Waals surface area contributed by atoms with Crippen LogP contribution in [0.5, 0.6) is 6.01 Å². The van der Waals surface area contributed by atoms with E-state index >= 15 is 4.39 Å². The van der Waals surface area contributed by atoms with Crippen molar-refractivity contribution in [1.82, 2.24) is 29.7 Å². The number of nitrogens with one attached hydrogen (secondary N) is 1. The first-order valence-electron chi connectivity index (χ1n) is 14.4. The first-order chi connectivity index (χ1) is 20.1. The maximum absolute atomic E-state index is 16.5. The van der Waals surface area contributed by atoms with Crippen LogP contribution < -0.4 is 15.0 Å². The molecular formula is C31H31F2N7O. The molecule has 2 aromatic heterocycles. The van der Waals surface area contributed by atoms with Gasteiger partial charge in [-0.3, -0.25) is 4.90 Å². The van der Waals surface area contributed by atoms with Gasteiger partial charge in [-0.05, 0) is 50.2 Å². The number of halogens is 2. The summed E-state index contributed by atoms with van der Waals surface area (Å²) in [5, 5.41) is 4.33. The Labute approximate surface area is 236 Å². The van der Waals surface area contributed by atoms with Crippen molar-refractivity contribution in [2.75, 3.05) is 37.7 Å². The SMILES string of the molecule is FC1=C(c2cccc3cccc(F)c23)NCc2c1nc(OCC13CCCN1CCC3)nc2N1CC(n2ccnc2)C1. The predicted octanol–water partition coefficient (Wildman–Crippen LogP) is 4.93. The van der Waals surface area contributed by atoms with Crippen LogP contribution in [0.2, 0.25) is 0 Å². The second-order valence-electron chi connectivity index (χ2n) is 11.6. The molecule has 0 radical (unpaired) electrons. The van der Waals surface area contributed by atoms with Gasteiger partial charge in [-0.1, -0.05) is 30.3 Å². The van der Waals surface area contributed by atoms with Crippen molar-refractivity contribution in [3.05, 3.63) is 77.8 Å². The van der Waals surface area contributed by atoms with Gasteiger partial charge in [-0.25, -0.2) is 13.8 Å². The smallest absolute Gasteiger partial charge is 0.319 e. The molecule has 0 atom stereocenters. The second kappa shape index (κ2) is 9.51. The third-order valence-corrected chi connectivity index (χ3v) is 9.35. The van der Waals surface area contributed by atoms with Crippen molar-refractivity contribution in [3.63, 3.8) is 0 Å². The van der Waals surface area contributed by atoms with Gasteiger partial charge in [-0.15, -0.1) is 0 Å². The highest BCUT2D eigenvalue weighted by molar-refractivity contribution is 6.00. The summed E-state index contributed by atoms with van der Waals surface area (Å²) in [7, 11) is 0. The molecule has 8 nitrogen and oxygen atoms in total. The Morgan fingerprint density at radius 3 is 2.61 bits per heavy atom. The van der Waals surface area contributed by atoms with Crippen LogP contribution in [0.25, 0.3) is 22.3 Å². The average Bonchev–Trinajstić information content (AvgIpc) is 3.70. The lowest BCUT2D eigenvalue weighted by atomic mass is 9.95. The van der Waals surface area contributed by atoms with E-state index in [9.17, 15) is 4.39 Å². The van der Waals surface area contributed by atoms with Crippen LogP contribution in [0, 0.1) is 5.82 Å². The van der Waals surface area contributed by atoms with Gasteiger partial charge >= 0.3 is 6.01 Å². The van der Waals surface area contributed by atoms with Gasteiger partial charge < -0.3 is 19.5 Å². The normalized spacial score (nSPS) is 20.2. The van der Waals surface area contributed by atoms with Gasteiger partial charge in [0.15, 0.2) is 5.83 Å². The number of benzene rings is 2. The monoisotopic (exact) mass is 555 g/mol. The summed E-state index contributed by atoms with van der Waals surface area (Å²) < 4.78 is 39.9. The highest BCUT2D eigenvalue weighted by atomic mass is 19.1. The topological polar surface area (TPSA) is 71.3 Å². The highest BCUT2D eigenvalue weighted by Crippen LogP contribution is 2.42. The van der Waals surface area contributed by atoms with E-state index in [0.717, 1.165) is 51.9 Å². The Hall–Kier alpha value is -4.05. The summed E-state index contributed by atoms with van der Waals surface area (Å²) in [4.78, 5) is 18.3. The van der Waals surface area contributed by atoms with Gasteiger partial charge in [0.1, 0.15) is 23.9 Å². The van der Waals surface area contributed by atoms with E-state index in [4.69, 9.17) is 9.72 Å². The number of aromatic nitrogens is 4. The van der Waals surface area contributed by atoms with Crippen molar-refractivity contribution in [3.8, 4) is 6.01 Å². The summed E-state index contributed by atoms with van der Waals surface area (Å²) in [6.45, 7) is 4.46. The molecule has 2 aromatic carbocycles. The molecule has 4 aliphatic heterocycles. The molecule has 4 aromatic rings. The van der Waals surface area contributed by atoms with E-state index in [1.165, 1.54) is 6.07 Å². The summed E-state index contributed by atoms with van der Waals surface area (Å²) in [5.74, 6) is -0.232. The molecule has 0 unspecified atom stereocenters. The molecule has 210 valence electrons. The lowest BCUT2D eigenvalue weighted by Gasteiger charge is -2.42. The highest BCUT2D eigenvalue weighted by Gasteiger charge is 2.45. The Bertz CT molecular complexity index is 1650. The third-order valence-electron chi connectivity index (χ3n) is 9.35. The van der Waals surface area contributed by atoms with E-state index < -0.39 is 5.83 Å². The minimum Gasteiger partial charge on any atom is -0.461 e. The number of hydrogen-bond acceptors (Lipinski definition) is 7. The zero-order chi connectivity index (χ0) is 27.6. The number of anilines is 1. The Morgan fingerprint density at radius 1 is 1.02 bits per heavy atom. The van der Waals surface area contributed by atoms with Gasteiger partial charge in [0, 0.05) is 48.5 Å². The molecule has 8 rings (SSSR count). The lowest BCUT2D eigenvalue weighted by molar-refractivity contribution is 0.107. The Balaban J connectivity index is 1.19. The molecule has 4 aliphatic rings. The fourth-order valence-corrected chi connectivity index (χ4v) is 7.17. The van der Waals surface area contributed by atoms with Crippen LogP contribution >= 0.6 is 0 Å². The lowest BCUT2D eigenvalue weighted by Crippen LogP contribution is -2.49.